The number of esters is 1. The van der Waals surface area contributed by atoms with Crippen molar-refractivity contribution in [1.82, 2.24) is 15.1 Å². The molecule has 1 aliphatic rings. The number of nitrogens with one attached hydrogen (secondary N) is 1. The molecule has 1 heterocycles. The van der Waals surface area contributed by atoms with Crippen LogP contribution >= 0.6 is 0 Å². The summed E-state index contributed by atoms with van der Waals surface area (Å²) < 4.78 is 15.3. The summed E-state index contributed by atoms with van der Waals surface area (Å²) in [7, 11) is 0. The summed E-state index contributed by atoms with van der Waals surface area (Å²) in [5.41, 5.74) is -1.52. The van der Waals surface area contributed by atoms with Crippen LogP contribution in [0.2, 0.25) is 0 Å². The number of nitrogens with zero attached hydrogens (tertiary/aromatic N) is 3. The summed E-state index contributed by atoms with van der Waals surface area (Å²) in [5.74, 6) is -1.28. The van der Waals surface area contributed by atoms with Crippen LogP contribution in [0.3, 0.4) is 0 Å². The fraction of sp³-hybridized carbons (Fsp3) is 0.760. The average molecular weight is 543 g/mol. The highest BCUT2D eigenvalue weighted by molar-refractivity contribution is 6.00. The molecule has 0 aromatic carbocycles. The number of alkyl carbamates (subject to hydrolysis) is 1. The Bertz CT molecular complexity index is 890. The first kappa shape index (κ1) is 32.8. The normalized spacial score (nSPS) is 16.7. The lowest BCUT2D eigenvalue weighted by molar-refractivity contribution is -0.157. The van der Waals surface area contributed by atoms with Crippen LogP contribution in [0.1, 0.15) is 74.1 Å². The molecule has 2 N–H and O–H groups in total. The second-order valence-corrected chi connectivity index (χ2v) is 10.8. The van der Waals surface area contributed by atoms with Gasteiger partial charge in [-0.1, -0.05) is 0 Å². The Morgan fingerprint density at radius 2 is 1.63 bits per heavy atom. The molecule has 0 aromatic rings. The van der Waals surface area contributed by atoms with E-state index in [0.29, 0.717) is 12.8 Å². The van der Waals surface area contributed by atoms with E-state index < -0.39 is 47.9 Å². The lowest BCUT2D eigenvalue weighted by Gasteiger charge is -2.39. The van der Waals surface area contributed by atoms with Crippen LogP contribution in [0.4, 0.5) is 9.59 Å². The summed E-state index contributed by atoms with van der Waals surface area (Å²) in [6, 6.07) is -0.713. The van der Waals surface area contributed by atoms with Gasteiger partial charge in [0.25, 0.3) is 0 Å². The van der Waals surface area contributed by atoms with Crippen LogP contribution in [0.25, 0.3) is 0 Å². The van der Waals surface area contributed by atoms with Crippen LogP contribution in [-0.4, -0.2) is 101 Å². The lowest BCUT2D eigenvalue weighted by atomic mass is 10.1. The van der Waals surface area contributed by atoms with Crippen molar-refractivity contribution in [2.24, 2.45) is 4.99 Å². The zero-order valence-electron chi connectivity index (χ0n) is 23.5. The van der Waals surface area contributed by atoms with E-state index in [9.17, 15) is 29.1 Å². The number of unbranched alkanes of at least 4 members (excludes halogenated alkanes) is 1. The molecule has 0 bridgehead atoms. The predicted octanol–water partition coefficient (Wildman–Crippen LogP) is 2.00. The summed E-state index contributed by atoms with van der Waals surface area (Å²) in [4.78, 5) is 67.8. The van der Waals surface area contributed by atoms with Gasteiger partial charge in [-0.15, -0.1) is 0 Å². The molecule has 1 saturated heterocycles. The Balaban J connectivity index is 2.71. The van der Waals surface area contributed by atoms with E-state index in [0.717, 1.165) is 0 Å². The molecule has 1 rings (SSSR count). The Hall–Kier alpha value is -3.22. The molecule has 4 amide bonds. The maximum Gasteiger partial charge on any atom is 0.435 e. The average Bonchev–Trinajstić information content (AvgIpc) is 2.75. The van der Waals surface area contributed by atoms with E-state index in [4.69, 9.17) is 14.2 Å². The number of piperazine rings is 1. The van der Waals surface area contributed by atoms with Gasteiger partial charge in [0.1, 0.15) is 23.6 Å². The van der Waals surface area contributed by atoms with Crippen molar-refractivity contribution in [1.29, 1.82) is 0 Å². The number of aliphatic imine (C=N–C) groups is 1. The van der Waals surface area contributed by atoms with Crippen LogP contribution in [0.15, 0.2) is 4.99 Å². The Kier molecular flexibility index (Phi) is 12.6. The van der Waals surface area contributed by atoms with Crippen LogP contribution in [-0.2, 0) is 28.6 Å². The Morgan fingerprint density at radius 1 is 1.03 bits per heavy atom. The number of amides is 4. The number of aliphatic hydroxyl groups excluding tert-OH is 1. The van der Waals surface area contributed by atoms with Gasteiger partial charge in [-0.25, -0.2) is 9.59 Å². The van der Waals surface area contributed by atoms with Crippen molar-refractivity contribution in [3.05, 3.63) is 0 Å². The summed E-state index contributed by atoms with van der Waals surface area (Å²) >= 11 is 0. The van der Waals surface area contributed by atoms with Gasteiger partial charge < -0.3 is 29.1 Å². The molecule has 216 valence electrons. The molecule has 38 heavy (non-hydrogen) atoms. The molecule has 0 radical (unpaired) electrons. The number of carbonyl (C=O) groups excluding carboxylic acids is 5. The van der Waals surface area contributed by atoms with Gasteiger partial charge in [0.05, 0.1) is 25.8 Å². The molecule has 0 unspecified atom stereocenters. The quantitative estimate of drug-likeness (QED) is 0.146. The van der Waals surface area contributed by atoms with E-state index in [2.05, 4.69) is 10.3 Å². The van der Waals surface area contributed by atoms with Crippen LogP contribution in [0.5, 0.6) is 0 Å². The highest BCUT2D eigenvalue weighted by atomic mass is 16.6. The molecule has 1 atom stereocenters. The molecule has 13 nitrogen and oxygen atoms in total. The Labute approximate surface area is 223 Å². The molecular weight excluding hydrogens is 500 g/mol. The van der Waals surface area contributed by atoms with Gasteiger partial charge in [0, 0.05) is 19.4 Å². The topological polar surface area (TPSA) is 164 Å². The molecule has 1 aliphatic heterocycles. The van der Waals surface area contributed by atoms with Crippen molar-refractivity contribution in [2.75, 3.05) is 32.8 Å². The second-order valence-electron chi connectivity index (χ2n) is 10.8. The monoisotopic (exact) mass is 542 g/mol. The first-order valence-electron chi connectivity index (χ1n) is 12.7. The number of amidine groups is 1. The van der Waals surface area contributed by atoms with Gasteiger partial charge >= 0.3 is 18.2 Å². The van der Waals surface area contributed by atoms with Crippen LogP contribution < -0.4 is 5.32 Å². The summed E-state index contributed by atoms with van der Waals surface area (Å²) in [6.45, 7) is 11.2. The van der Waals surface area contributed by atoms with Crippen molar-refractivity contribution in [3.8, 4) is 0 Å². The highest BCUT2D eigenvalue weighted by Crippen LogP contribution is 2.15. The fourth-order valence-corrected chi connectivity index (χ4v) is 3.47. The minimum atomic E-state index is -0.867. The lowest BCUT2D eigenvalue weighted by Crippen LogP contribution is -2.60. The second kappa shape index (κ2) is 14.6. The smallest absolute Gasteiger partial charge is 0.435 e. The molecule has 0 spiro atoms. The fourth-order valence-electron chi connectivity index (χ4n) is 3.47. The van der Waals surface area contributed by atoms with Crippen LogP contribution in [0, 0.1) is 0 Å². The van der Waals surface area contributed by atoms with Gasteiger partial charge in [0.2, 0.25) is 11.8 Å². The van der Waals surface area contributed by atoms with E-state index in [1.807, 2.05) is 0 Å². The summed E-state index contributed by atoms with van der Waals surface area (Å²) in [6.07, 6.45) is -0.613. The largest absolute Gasteiger partial charge is 0.465 e. The zero-order chi connectivity index (χ0) is 29.1. The SMILES string of the molecule is CCOC(=O)CN1C(=O)CN(C(=O)CCCC/C(=N\C(=O)OC(C)(C)C)NC(=O)OC(C)(C)C)C[C@H]1CO. The molecule has 13 heteroatoms. The Morgan fingerprint density at radius 3 is 2.18 bits per heavy atom. The minimum absolute atomic E-state index is 0.0454. The molecule has 0 saturated carbocycles. The third-order valence-electron chi connectivity index (χ3n) is 5.01. The van der Waals surface area contributed by atoms with Gasteiger partial charge in [-0.05, 0) is 61.3 Å². The molecular formula is C25H42N4O9. The standard InChI is InChI=1S/C25H42N4O9/c1-8-36-21(33)15-29-17(16-30)13-28(14-20(29)32)19(31)12-10-9-11-18(26-22(34)37-24(2,3)4)27-23(35)38-25(5,6)7/h17,30H,8-16H2,1-7H3,(H,26,27,34,35)/t17-/m0/s1. The molecule has 1 fully saturated rings. The number of rotatable bonds is 9. The first-order chi connectivity index (χ1) is 17.5. The number of hydrogen-bond acceptors (Lipinski definition) is 9. The van der Waals surface area contributed by atoms with E-state index >= 15 is 0 Å². The molecule has 0 aromatic heterocycles. The highest BCUT2D eigenvalue weighted by Gasteiger charge is 2.35. The summed E-state index contributed by atoms with van der Waals surface area (Å²) in [5, 5.41) is 12.2. The number of ether oxygens (including phenoxy) is 3. The molecule has 0 aliphatic carbocycles. The van der Waals surface area contributed by atoms with E-state index in [-0.39, 0.29) is 50.8 Å². The van der Waals surface area contributed by atoms with Gasteiger partial charge in [-0.3, -0.25) is 19.7 Å². The third-order valence-corrected chi connectivity index (χ3v) is 5.01. The van der Waals surface area contributed by atoms with Crippen molar-refractivity contribution in [2.45, 2.75) is 91.4 Å². The maximum atomic E-state index is 12.7. The number of hydrogen-bond donors (Lipinski definition) is 2. The predicted molar refractivity (Wildman–Crippen MR) is 137 cm³/mol. The number of carbonyl (C=O) groups is 5. The van der Waals surface area contributed by atoms with E-state index in [1.54, 1.807) is 48.5 Å². The third kappa shape index (κ3) is 12.8. The van der Waals surface area contributed by atoms with Gasteiger partial charge in [-0.2, -0.15) is 4.99 Å². The zero-order valence-corrected chi connectivity index (χ0v) is 23.5. The van der Waals surface area contributed by atoms with Crippen molar-refractivity contribution < 1.29 is 43.3 Å². The van der Waals surface area contributed by atoms with E-state index in [1.165, 1.54) is 9.80 Å². The maximum absolute atomic E-state index is 12.7. The minimum Gasteiger partial charge on any atom is -0.465 e. The first-order valence-corrected chi connectivity index (χ1v) is 12.7. The van der Waals surface area contributed by atoms with Gasteiger partial charge in [0.15, 0.2) is 0 Å². The number of aliphatic hydroxyl groups is 1. The van der Waals surface area contributed by atoms with Crippen molar-refractivity contribution in [3.63, 3.8) is 0 Å². The van der Waals surface area contributed by atoms with Crippen molar-refractivity contribution >= 4 is 35.8 Å².